The van der Waals surface area contributed by atoms with E-state index in [9.17, 15) is 0 Å². The lowest BCUT2D eigenvalue weighted by molar-refractivity contribution is 0.623. The van der Waals surface area contributed by atoms with Gasteiger partial charge in [-0.25, -0.2) is 19.9 Å². The van der Waals surface area contributed by atoms with Crippen LogP contribution in [0, 0.1) is 0 Å². The number of benzene rings is 8. The van der Waals surface area contributed by atoms with Crippen molar-refractivity contribution in [2.45, 2.75) is 0 Å². The van der Waals surface area contributed by atoms with Gasteiger partial charge in [0.05, 0.1) is 0 Å². The average molecular weight is 693 g/mol. The first kappa shape index (κ1) is 30.2. The van der Waals surface area contributed by atoms with Gasteiger partial charge in [-0.2, -0.15) is 0 Å². The van der Waals surface area contributed by atoms with Crippen molar-refractivity contribution in [1.82, 2.24) is 19.9 Å². The number of oxazole rings is 1. The highest BCUT2D eigenvalue weighted by molar-refractivity contribution is 6.22. The van der Waals surface area contributed by atoms with Gasteiger partial charge < -0.3 is 8.83 Å². The summed E-state index contributed by atoms with van der Waals surface area (Å²) in [6.45, 7) is 0. The average Bonchev–Trinajstić information content (AvgIpc) is 3.86. The Morgan fingerprint density at radius 1 is 0.352 bits per heavy atom. The summed E-state index contributed by atoms with van der Waals surface area (Å²) in [6, 6.07) is 57.6. The summed E-state index contributed by atoms with van der Waals surface area (Å²) in [6.07, 6.45) is 0. The molecule has 0 fully saturated rings. The Hall–Kier alpha value is -7.44. The number of hydrogen-bond donors (Lipinski definition) is 0. The fourth-order valence-corrected chi connectivity index (χ4v) is 7.63. The Morgan fingerprint density at radius 3 is 1.81 bits per heavy atom. The highest BCUT2D eigenvalue weighted by Gasteiger charge is 2.20. The Morgan fingerprint density at radius 2 is 1.02 bits per heavy atom. The predicted octanol–water partition coefficient (Wildman–Crippen LogP) is 12.6. The van der Waals surface area contributed by atoms with Gasteiger partial charge in [0.15, 0.2) is 23.1 Å². The second-order valence-corrected chi connectivity index (χ2v) is 13.4. The van der Waals surface area contributed by atoms with Crippen molar-refractivity contribution < 1.29 is 8.83 Å². The molecule has 8 aromatic carbocycles. The Kier molecular flexibility index (Phi) is 6.75. The first-order chi connectivity index (χ1) is 26.7. The van der Waals surface area contributed by atoms with E-state index in [1.54, 1.807) is 0 Å². The molecule has 0 atom stereocenters. The molecule has 0 amide bonds. The first-order valence-corrected chi connectivity index (χ1v) is 17.9. The minimum Gasteiger partial charge on any atom is -0.456 e. The lowest BCUT2D eigenvalue weighted by Gasteiger charge is -2.13. The van der Waals surface area contributed by atoms with Gasteiger partial charge in [0.25, 0.3) is 0 Å². The second-order valence-electron chi connectivity index (χ2n) is 13.4. The minimum atomic E-state index is 0.568. The van der Waals surface area contributed by atoms with Crippen LogP contribution < -0.4 is 0 Å². The van der Waals surface area contributed by atoms with Crippen molar-refractivity contribution in [3.8, 4) is 56.7 Å². The van der Waals surface area contributed by atoms with E-state index in [-0.39, 0.29) is 0 Å². The zero-order valence-corrected chi connectivity index (χ0v) is 28.8. The molecule has 3 aromatic heterocycles. The van der Waals surface area contributed by atoms with E-state index in [2.05, 4.69) is 66.7 Å². The predicted molar refractivity (Wildman–Crippen MR) is 217 cm³/mol. The van der Waals surface area contributed by atoms with Crippen LogP contribution in [0.2, 0.25) is 0 Å². The SMILES string of the molecule is c1ccc(-c2nc(-c3ccc4c(-c5ccccc5)cc5ccc6nc(-c7ccccc7)oc6c5c4c3)nc(-c3cccc4oc5ccccc5c34)n2)cc1. The molecular weight excluding hydrogens is 665 g/mol. The zero-order chi connectivity index (χ0) is 35.6. The molecule has 0 radical (unpaired) electrons. The molecule has 3 heterocycles. The number of fused-ring (bicyclic) bond motifs is 8. The van der Waals surface area contributed by atoms with E-state index < -0.39 is 0 Å². The van der Waals surface area contributed by atoms with Gasteiger partial charge in [0.1, 0.15) is 16.7 Å². The molecule has 0 bridgehead atoms. The molecule has 0 spiro atoms. The van der Waals surface area contributed by atoms with Gasteiger partial charge in [-0.05, 0) is 69.8 Å². The third-order valence-corrected chi connectivity index (χ3v) is 10.1. The highest BCUT2D eigenvalue weighted by atomic mass is 16.3. The van der Waals surface area contributed by atoms with E-state index in [1.807, 2.05) is 103 Å². The van der Waals surface area contributed by atoms with Gasteiger partial charge in [-0.1, -0.05) is 127 Å². The van der Waals surface area contributed by atoms with E-state index in [4.69, 9.17) is 28.8 Å². The molecule has 252 valence electrons. The van der Waals surface area contributed by atoms with Crippen LogP contribution in [0.5, 0.6) is 0 Å². The topological polar surface area (TPSA) is 77.8 Å². The van der Waals surface area contributed by atoms with Crippen LogP contribution in [-0.2, 0) is 0 Å². The summed E-state index contributed by atoms with van der Waals surface area (Å²) in [4.78, 5) is 20.3. The van der Waals surface area contributed by atoms with E-state index >= 15 is 0 Å². The molecule has 0 unspecified atom stereocenters. The standard InChI is InChI=1S/C48H28N4O2/c1-4-13-29(14-5-1)37-27-32-24-26-39-44(54-48(49-39)31-17-8-3-9-18-31)42(32)38-28-33(23-25-34(37)38)46-50-45(30-15-6-2-7-16-30)51-47(52-46)36-20-12-22-41-43(36)35-19-10-11-21-40(35)53-41/h1-28H. The normalized spacial score (nSPS) is 11.7. The number of furan rings is 1. The van der Waals surface area contributed by atoms with Gasteiger partial charge in [-0.3, -0.25) is 0 Å². The second kappa shape index (κ2) is 12.1. The van der Waals surface area contributed by atoms with Crippen LogP contribution in [0.25, 0.3) is 111 Å². The van der Waals surface area contributed by atoms with Crippen molar-refractivity contribution >= 4 is 54.6 Å². The molecule has 6 nitrogen and oxygen atoms in total. The molecule has 0 N–H and O–H groups in total. The maximum atomic E-state index is 6.63. The maximum Gasteiger partial charge on any atom is 0.227 e. The van der Waals surface area contributed by atoms with Gasteiger partial charge in [0, 0.05) is 38.4 Å². The van der Waals surface area contributed by atoms with Crippen LogP contribution in [0.3, 0.4) is 0 Å². The van der Waals surface area contributed by atoms with Crippen molar-refractivity contribution in [3.05, 3.63) is 170 Å². The summed E-state index contributed by atoms with van der Waals surface area (Å²) in [7, 11) is 0. The lowest BCUT2D eigenvalue weighted by atomic mass is 9.91. The van der Waals surface area contributed by atoms with Crippen LogP contribution in [0.15, 0.2) is 179 Å². The molecule has 54 heavy (non-hydrogen) atoms. The van der Waals surface area contributed by atoms with Crippen molar-refractivity contribution in [2.24, 2.45) is 0 Å². The summed E-state index contributed by atoms with van der Waals surface area (Å²) in [5.41, 5.74) is 8.99. The smallest absolute Gasteiger partial charge is 0.227 e. The Bertz CT molecular complexity index is 3210. The lowest BCUT2D eigenvalue weighted by Crippen LogP contribution is -2.00. The highest BCUT2D eigenvalue weighted by Crippen LogP contribution is 2.42. The molecule has 11 rings (SSSR count). The molecule has 0 saturated carbocycles. The third-order valence-electron chi connectivity index (χ3n) is 10.1. The van der Waals surface area contributed by atoms with Gasteiger partial charge in [-0.15, -0.1) is 0 Å². The van der Waals surface area contributed by atoms with E-state index in [0.29, 0.717) is 23.4 Å². The van der Waals surface area contributed by atoms with Gasteiger partial charge in [0.2, 0.25) is 5.89 Å². The van der Waals surface area contributed by atoms with Crippen LogP contribution in [0.1, 0.15) is 0 Å². The van der Waals surface area contributed by atoms with Crippen LogP contribution in [-0.4, -0.2) is 19.9 Å². The monoisotopic (exact) mass is 692 g/mol. The van der Waals surface area contributed by atoms with Crippen LogP contribution in [0.4, 0.5) is 0 Å². The Labute approximate surface area is 309 Å². The fourth-order valence-electron chi connectivity index (χ4n) is 7.63. The first-order valence-electron chi connectivity index (χ1n) is 17.9. The summed E-state index contributed by atoms with van der Waals surface area (Å²) >= 11 is 0. The van der Waals surface area contributed by atoms with Crippen molar-refractivity contribution in [2.75, 3.05) is 0 Å². The summed E-state index contributed by atoms with van der Waals surface area (Å²) in [5, 5.41) is 6.16. The largest absolute Gasteiger partial charge is 0.456 e. The quantitative estimate of drug-likeness (QED) is 0.167. The molecule has 0 saturated heterocycles. The Balaban J connectivity index is 1.19. The van der Waals surface area contributed by atoms with E-state index in [0.717, 1.165) is 88.0 Å². The fraction of sp³-hybridized carbons (Fsp3) is 0. The summed E-state index contributed by atoms with van der Waals surface area (Å²) < 4.78 is 12.9. The number of rotatable bonds is 5. The van der Waals surface area contributed by atoms with E-state index in [1.165, 1.54) is 0 Å². The molecular formula is C48H28N4O2. The number of aromatic nitrogens is 4. The zero-order valence-electron chi connectivity index (χ0n) is 28.8. The number of para-hydroxylation sites is 1. The molecule has 6 heteroatoms. The third kappa shape index (κ3) is 4.89. The van der Waals surface area contributed by atoms with Crippen molar-refractivity contribution in [1.29, 1.82) is 0 Å². The molecule has 0 aliphatic rings. The van der Waals surface area contributed by atoms with Crippen molar-refractivity contribution in [3.63, 3.8) is 0 Å². The molecule has 0 aliphatic carbocycles. The molecule has 11 aromatic rings. The number of nitrogens with zero attached hydrogens (tertiary/aromatic N) is 4. The maximum absolute atomic E-state index is 6.63. The molecule has 0 aliphatic heterocycles. The minimum absolute atomic E-state index is 0.568. The van der Waals surface area contributed by atoms with Crippen LogP contribution >= 0.6 is 0 Å². The van der Waals surface area contributed by atoms with Gasteiger partial charge >= 0.3 is 0 Å². The summed E-state index contributed by atoms with van der Waals surface area (Å²) in [5.74, 6) is 2.32. The number of hydrogen-bond acceptors (Lipinski definition) is 6.